The van der Waals surface area contributed by atoms with Crippen molar-refractivity contribution in [2.24, 2.45) is 10.7 Å². The summed E-state index contributed by atoms with van der Waals surface area (Å²) in [5.41, 5.74) is 10.2. The molecule has 8 heteroatoms. The molecule has 0 saturated carbocycles. The predicted molar refractivity (Wildman–Crippen MR) is 101 cm³/mol. The molecule has 132 valence electrons. The fraction of sp³-hybridized carbons (Fsp3) is 0.167. The molecular weight excluding hydrogens is 330 g/mol. The fourth-order valence-corrected chi connectivity index (χ4v) is 2.60. The molecule has 3 rings (SSSR count). The lowest BCUT2D eigenvalue weighted by Crippen LogP contribution is -2.13. The standard InChI is InChI=1S/C18H19N7O/c1-11-6-12(2)25-17(23-11)15(10-22-25)18(26)24-14-4-5-16(21-9-14)13(7-19)8-20-3/h4-10H,19H2,1-3H3,(H,24,26). The highest BCUT2D eigenvalue weighted by atomic mass is 16.1. The summed E-state index contributed by atoms with van der Waals surface area (Å²) in [4.78, 5) is 25.3. The molecule has 0 saturated heterocycles. The van der Waals surface area contributed by atoms with Crippen molar-refractivity contribution in [1.82, 2.24) is 19.6 Å². The highest BCUT2D eigenvalue weighted by molar-refractivity contribution is 6.09. The van der Waals surface area contributed by atoms with Crippen LogP contribution < -0.4 is 11.1 Å². The van der Waals surface area contributed by atoms with E-state index in [1.54, 1.807) is 36.1 Å². The minimum atomic E-state index is -0.295. The van der Waals surface area contributed by atoms with E-state index in [9.17, 15) is 4.79 Å². The van der Waals surface area contributed by atoms with Crippen molar-refractivity contribution in [2.75, 3.05) is 12.4 Å². The van der Waals surface area contributed by atoms with E-state index in [2.05, 4.69) is 25.4 Å². The summed E-state index contributed by atoms with van der Waals surface area (Å²) in [6, 6.07) is 5.42. The van der Waals surface area contributed by atoms with Crippen LogP contribution >= 0.6 is 0 Å². The van der Waals surface area contributed by atoms with Crippen molar-refractivity contribution >= 4 is 29.0 Å². The molecule has 0 spiro atoms. The molecule has 3 aromatic rings. The number of hydrogen-bond acceptors (Lipinski definition) is 6. The number of pyridine rings is 1. The summed E-state index contributed by atoms with van der Waals surface area (Å²) in [5, 5.41) is 7.05. The molecule has 3 aromatic heterocycles. The molecule has 0 fully saturated rings. The first-order valence-electron chi connectivity index (χ1n) is 7.97. The molecule has 0 bridgehead atoms. The third-order valence-electron chi connectivity index (χ3n) is 3.79. The van der Waals surface area contributed by atoms with Gasteiger partial charge in [-0.1, -0.05) is 0 Å². The van der Waals surface area contributed by atoms with Gasteiger partial charge in [-0.3, -0.25) is 14.8 Å². The van der Waals surface area contributed by atoms with Crippen LogP contribution in [0.2, 0.25) is 0 Å². The molecule has 0 unspecified atom stereocenters. The van der Waals surface area contributed by atoms with Crippen LogP contribution in [0.4, 0.5) is 5.69 Å². The lowest BCUT2D eigenvalue weighted by atomic mass is 10.2. The molecule has 26 heavy (non-hydrogen) atoms. The maximum Gasteiger partial charge on any atom is 0.261 e. The van der Waals surface area contributed by atoms with Gasteiger partial charge in [-0.15, -0.1) is 0 Å². The second kappa shape index (κ2) is 7.14. The van der Waals surface area contributed by atoms with E-state index in [1.807, 2.05) is 19.9 Å². The number of carbonyl (C=O) groups excluding carboxylic acids is 1. The quantitative estimate of drug-likeness (QED) is 0.700. The third-order valence-corrected chi connectivity index (χ3v) is 3.79. The normalized spacial score (nSPS) is 12.0. The minimum absolute atomic E-state index is 0.295. The van der Waals surface area contributed by atoms with Crippen LogP contribution in [0.15, 0.2) is 41.8 Å². The Morgan fingerprint density at radius 3 is 2.77 bits per heavy atom. The number of aliphatic imine (C=N–C) groups is 1. The van der Waals surface area contributed by atoms with E-state index in [-0.39, 0.29) is 5.91 Å². The second-order valence-electron chi connectivity index (χ2n) is 5.73. The van der Waals surface area contributed by atoms with Crippen LogP contribution in [0.25, 0.3) is 11.2 Å². The van der Waals surface area contributed by atoms with Gasteiger partial charge >= 0.3 is 0 Å². The van der Waals surface area contributed by atoms with Gasteiger partial charge in [0.05, 0.1) is 23.8 Å². The van der Waals surface area contributed by atoms with Gasteiger partial charge in [0.2, 0.25) is 0 Å². The smallest absolute Gasteiger partial charge is 0.261 e. The molecule has 8 nitrogen and oxygen atoms in total. The first-order valence-corrected chi connectivity index (χ1v) is 7.97. The van der Waals surface area contributed by atoms with E-state index in [4.69, 9.17) is 5.73 Å². The molecule has 0 aliphatic carbocycles. The predicted octanol–water partition coefficient (Wildman–Crippen LogP) is 1.99. The van der Waals surface area contributed by atoms with Gasteiger partial charge in [-0.25, -0.2) is 9.50 Å². The molecular formula is C18H19N7O. The molecule has 0 aliphatic rings. The number of nitrogens with one attached hydrogen (secondary N) is 1. The van der Waals surface area contributed by atoms with Crippen molar-refractivity contribution in [3.8, 4) is 0 Å². The zero-order chi connectivity index (χ0) is 18.7. The van der Waals surface area contributed by atoms with Crippen LogP contribution in [0.5, 0.6) is 0 Å². The largest absolute Gasteiger partial charge is 0.404 e. The Kier molecular flexibility index (Phi) is 4.74. The molecule has 0 aromatic carbocycles. The number of amides is 1. The van der Waals surface area contributed by atoms with Crippen LogP contribution in [0.1, 0.15) is 27.4 Å². The fourth-order valence-electron chi connectivity index (χ4n) is 2.60. The van der Waals surface area contributed by atoms with Gasteiger partial charge in [0.25, 0.3) is 5.91 Å². The molecule has 3 heterocycles. The van der Waals surface area contributed by atoms with Crippen molar-refractivity contribution in [2.45, 2.75) is 13.8 Å². The van der Waals surface area contributed by atoms with Crippen molar-refractivity contribution in [1.29, 1.82) is 0 Å². The number of fused-ring (bicyclic) bond motifs is 1. The zero-order valence-electron chi connectivity index (χ0n) is 14.8. The van der Waals surface area contributed by atoms with E-state index in [0.717, 1.165) is 11.4 Å². The maximum atomic E-state index is 12.6. The number of hydrogen-bond donors (Lipinski definition) is 2. The number of rotatable bonds is 4. The van der Waals surface area contributed by atoms with Crippen molar-refractivity contribution in [3.05, 3.63) is 59.4 Å². The number of aryl methyl sites for hydroxylation is 2. The summed E-state index contributed by atoms with van der Waals surface area (Å²) < 4.78 is 1.64. The second-order valence-corrected chi connectivity index (χ2v) is 5.73. The SMILES string of the molecule is CN=CC(=CN)c1ccc(NC(=O)c2cnn3c(C)cc(C)nc23)cn1. The van der Waals surface area contributed by atoms with Gasteiger partial charge in [-0.2, -0.15) is 5.10 Å². The summed E-state index contributed by atoms with van der Waals surface area (Å²) in [7, 11) is 1.66. The number of allylic oxidation sites excluding steroid dienone is 1. The first-order chi connectivity index (χ1) is 12.5. The van der Waals surface area contributed by atoms with E-state index in [1.165, 1.54) is 12.4 Å². The van der Waals surface area contributed by atoms with Gasteiger partial charge in [0.15, 0.2) is 5.65 Å². The Balaban J connectivity index is 1.85. The lowest BCUT2D eigenvalue weighted by molar-refractivity contribution is 0.102. The Bertz CT molecular complexity index is 1020. The monoisotopic (exact) mass is 349 g/mol. The van der Waals surface area contributed by atoms with Crippen LogP contribution in [-0.2, 0) is 0 Å². The van der Waals surface area contributed by atoms with Gasteiger partial charge in [0, 0.05) is 36.4 Å². The summed E-state index contributed by atoms with van der Waals surface area (Å²) in [5.74, 6) is -0.295. The Morgan fingerprint density at radius 2 is 2.12 bits per heavy atom. The van der Waals surface area contributed by atoms with Crippen LogP contribution in [0, 0.1) is 13.8 Å². The van der Waals surface area contributed by atoms with Gasteiger partial charge in [-0.05, 0) is 32.0 Å². The Morgan fingerprint density at radius 1 is 1.31 bits per heavy atom. The molecule has 0 radical (unpaired) electrons. The number of aromatic nitrogens is 4. The topological polar surface area (TPSA) is 111 Å². The Labute approximate surface area is 150 Å². The average molecular weight is 349 g/mol. The highest BCUT2D eigenvalue weighted by Crippen LogP contribution is 2.16. The van der Waals surface area contributed by atoms with Crippen LogP contribution in [0.3, 0.4) is 0 Å². The molecule has 3 N–H and O–H groups in total. The van der Waals surface area contributed by atoms with Crippen molar-refractivity contribution < 1.29 is 4.79 Å². The highest BCUT2D eigenvalue weighted by Gasteiger charge is 2.16. The van der Waals surface area contributed by atoms with Gasteiger partial charge in [0.1, 0.15) is 5.56 Å². The lowest BCUT2D eigenvalue weighted by Gasteiger charge is -2.06. The summed E-state index contributed by atoms with van der Waals surface area (Å²) >= 11 is 0. The number of anilines is 1. The molecule has 0 atom stereocenters. The van der Waals surface area contributed by atoms with Crippen LogP contribution in [-0.4, -0.2) is 38.8 Å². The van der Waals surface area contributed by atoms with Gasteiger partial charge < -0.3 is 11.1 Å². The zero-order valence-corrected chi connectivity index (χ0v) is 14.8. The molecule has 0 aliphatic heterocycles. The first kappa shape index (κ1) is 17.3. The number of nitrogens with two attached hydrogens (primary N) is 1. The number of nitrogens with zero attached hydrogens (tertiary/aromatic N) is 5. The average Bonchev–Trinajstić information content (AvgIpc) is 3.04. The molecule has 1 amide bonds. The van der Waals surface area contributed by atoms with E-state index < -0.39 is 0 Å². The van der Waals surface area contributed by atoms with Crippen molar-refractivity contribution in [3.63, 3.8) is 0 Å². The third kappa shape index (κ3) is 3.30. The van der Waals surface area contributed by atoms with E-state index in [0.29, 0.717) is 28.2 Å². The summed E-state index contributed by atoms with van der Waals surface area (Å²) in [6.07, 6.45) is 6.13. The minimum Gasteiger partial charge on any atom is -0.404 e. The maximum absolute atomic E-state index is 12.6. The Hall–Kier alpha value is -3.55. The van der Waals surface area contributed by atoms with E-state index >= 15 is 0 Å². The summed E-state index contributed by atoms with van der Waals surface area (Å²) in [6.45, 7) is 3.80. The number of carbonyl (C=O) groups is 1.